The van der Waals surface area contributed by atoms with Crippen LogP contribution in [0.15, 0.2) is 29.5 Å². The first-order valence-electron chi connectivity index (χ1n) is 5.20. The van der Waals surface area contributed by atoms with Gasteiger partial charge in [-0.25, -0.2) is 0 Å². The van der Waals surface area contributed by atoms with Crippen LogP contribution in [0.3, 0.4) is 0 Å². The van der Waals surface area contributed by atoms with E-state index >= 15 is 0 Å². The summed E-state index contributed by atoms with van der Waals surface area (Å²) in [5, 5.41) is 20.2. The number of ether oxygens (including phenoxy) is 1. The molecule has 1 rings (SSSR count). The molecule has 0 aliphatic heterocycles. The van der Waals surface area contributed by atoms with E-state index in [1.807, 2.05) is 0 Å². The van der Waals surface area contributed by atoms with Gasteiger partial charge in [0.15, 0.2) is 11.3 Å². The summed E-state index contributed by atoms with van der Waals surface area (Å²) in [5.74, 6) is -1.79. The molecule has 5 nitrogen and oxygen atoms in total. The normalized spacial score (nSPS) is 11.6. The maximum atomic E-state index is 12.2. The number of rotatable bonds is 4. The van der Waals surface area contributed by atoms with E-state index in [1.54, 1.807) is 0 Å². The molecule has 1 amide bonds. The fourth-order valence-corrected chi connectivity index (χ4v) is 1.44. The molecule has 0 saturated carbocycles. The average Bonchev–Trinajstić information content (AvgIpc) is 2.32. The number of aliphatic hydroxyl groups is 1. The van der Waals surface area contributed by atoms with Crippen molar-refractivity contribution in [2.75, 3.05) is 5.32 Å². The largest absolute Gasteiger partial charge is 0.511 e. The Bertz CT molecular complexity index is 593. The molecule has 1 aromatic carbocycles. The van der Waals surface area contributed by atoms with E-state index in [9.17, 15) is 13.6 Å². The van der Waals surface area contributed by atoms with Crippen LogP contribution in [-0.4, -0.2) is 17.6 Å². The second kappa shape index (κ2) is 6.73. The minimum Gasteiger partial charge on any atom is -0.511 e. The first-order valence-corrected chi connectivity index (χ1v) is 5.58. The summed E-state index contributed by atoms with van der Waals surface area (Å²) in [7, 11) is 0. The van der Waals surface area contributed by atoms with Crippen molar-refractivity contribution in [1.29, 1.82) is 5.26 Å². The number of anilines is 1. The van der Waals surface area contributed by atoms with Gasteiger partial charge in [-0.3, -0.25) is 4.79 Å². The van der Waals surface area contributed by atoms with Crippen LogP contribution >= 0.6 is 11.6 Å². The van der Waals surface area contributed by atoms with Gasteiger partial charge < -0.3 is 15.2 Å². The van der Waals surface area contributed by atoms with Gasteiger partial charge >= 0.3 is 6.61 Å². The Kier molecular flexibility index (Phi) is 5.29. The maximum absolute atomic E-state index is 12.2. The number of allylic oxidation sites excluding steroid dienone is 1. The number of nitrogens with zero attached hydrogens (tertiary/aromatic N) is 1. The van der Waals surface area contributed by atoms with Gasteiger partial charge in [0, 0.05) is 11.1 Å². The number of alkyl halides is 2. The molecule has 0 aliphatic rings. The summed E-state index contributed by atoms with van der Waals surface area (Å²) in [6, 6.07) is 5.16. The van der Waals surface area contributed by atoms with E-state index in [4.69, 9.17) is 22.0 Å². The predicted octanol–water partition coefficient (Wildman–Crippen LogP) is 3.24. The highest BCUT2D eigenvalue weighted by molar-refractivity contribution is 6.30. The van der Waals surface area contributed by atoms with Crippen LogP contribution in [0, 0.1) is 11.3 Å². The van der Waals surface area contributed by atoms with Crippen molar-refractivity contribution in [3.63, 3.8) is 0 Å². The molecule has 0 bridgehead atoms. The molecule has 2 N–H and O–H groups in total. The smallest absolute Gasteiger partial charge is 0.387 e. The zero-order valence-electron chi connectivity index (χ0n) is 10.2. The average molecular weight is 303 g/mol. The number of aliphatic hydroxyl groups excluding tert-OH is 1. The van der Waals surface area contributed by atoms with Crippen molar-refractivity contribution in [3.05, 3.63) is 34.6 Å². The van der Waals surface area contributed by atoms with E-state index in [0.29, 0.717) is 0 Å². The van der Waals surface area contributed by atoms with Crippen molar-refractivity contribution in [1.82, 2.24) is 0 Å². The van der Waals surface area contributed by atoms with E-state index < -0.39 is 23.9 Å². The van der Waals surface area contributed by atoms with Crippen LogP contribution in [-0.2, 0) is 4.79 Å². The number of hydrogen-bond donors (Lipinski definition) is 2. The monoisotopic (exact) mass is 302 g/mol. The summed E-state index contributed by atoms with van der Waals surface area (Å²) < 4.78 is 28.7. The molecule has 0 radical (unpaired) electrons. The lowest BCUT2D eigenvalue weighted by Gasteiger charge is -2.12. The standard InChI is InChI=1S/C12H9ClF2N2O3/c1-6(18)8(5-16)11(19)17-9-3-2-7(13)4-10(9)20-12(14)15/h2-4,12,18H,1H3,(H,17,19)/b8-6-. The van der Waals surface area contributed by atoms with Crippen LogP contribution in [0.25, 0.3) is 0 Å². The Morgan fingerprint density at radius 2 is 2.20 bits per heavy atom. The third-order valence-electron chi connectivity index (χ3n) is 2.11. The van der Waals surface area contributed by atoms with Crippen LogP contribution < -0.4 is 10.1 Å². The second-order valence-electron chi connectivity index (χ2n) is 3.55. The minimum absolute atomic E-state index is 0.103. The summed E-state index contributed by atoms with van der Waals surface area (Å²) in [4.78, 5) is 11.7. The van der Waals surface area contributed by atoms with Gasteiger partial charge in [0.2, 0.25) is 0 Å². The summed E-state index contributed by atoms with van der Waals surface area (Å²) >= 11 is 5.64. The fourth-order valence-electron chi connectivity index (χ4n) is 1.27. The Morgan fingerprint density at radius 3 is 2.70 bits per heavy atom. The zero-order valence-corrected chi connectivity index (χ0v) is 10.9. The van der Waals surface area contributed by atoms with Gasteiger partial charge in [0.25, 0.3) is 5.91 Å². The molecular weight excluding hydrogens is 294 g/mol. The Labute approximate surface area is 118 Å². The molecule has 0 atom stereocenters. The highest BCUT2D eigenvalue weighted by atomic mass is 35.5. The Morgan fingerprint density at radius 1 is 1.55 bits per heavy atom. The quantitative estimate of drug-likeness (QED) is 0.508. The molecule has 0 aromatic heterocycles. The first-order chi connectivity index (χ1) is 9.35. The molecule has 0 saturated heterocycles. The molecule has 1 aromatic rings. The van der Waals surface area contributed by atoms with Crippen LogP contribution in [0.1, 0.15) is 6.92 Å². The van der Waals surface area contributed by atoms with Gasteiger partial charge in [0.1, 0.15) is 11.8 Å². The highest BCUT2D eigenvalue weighted by Gasteiger charge is 2.17. The number of hydrogen-bond acceptors (Lipinski definition) is 4. The molecule has 106 valence electrons. The number of carbonyl (C=O) groups excluding carboxylic acids is 1. The lowest BCUT2D eigenvalue weighted by Crippen LogP contribution is -2.16. The molecule has 20 heavy (non-hydrogen) atoms. The second-order valence-corrected chi connectivity index (χ2v) is 3.98. The minimum atomic E-state index is -3.10. The molecule has 0 fully saturated rings. The topological polar surface area (TPSA) is 82.3 Å². The zero-order chi connectivity index (χ0) is 15.3. The molecule has 0 unspecified atom stereocenters. The fraction of sp³-hybridized carbons (Fsp3) is 0.167. The SMILES string of the molecule is C/C(O)=C(\C#N)C(=O)Nc1ccc(Cl)cc1OC(F)F. The number of nitriles is 1. The van der Waals surface area contributed by atoms with Crippen molar-refractivity contribution in [3.8, 4) is 11.8 Å². The summed E-state index contributed by atoms with van der Waals surface area (Å²) in [5.41, 5.74) is -0.642. The third kappa shape index (κ3) is 4.10. The van der Waals surface area contributed by atoms with E-state index in [0.717, 1.165) is 13.0 Å². The van der Waals surface area contributed by atoms with Gasteiger partial charge in [0.05, 0.1) is 5.69 Å². The van der Waals surface area contributed by atoms with E-state index in [1.165, 1.54) is 18.2 Å². The van der Waals surface area contributed by atoms with Gasteiger partial charge in [-0.15, -0.1) is 0 Å². The van der Waals surface area contributed by atoms with Crippen molar-refractivity contribution in [2.24, 2.45) is 0 Å². The molecule has 0 aliphatic carbocycles. The predicted molar refractivity (Wildman–Crippen MR) is 67.7 cm³/mol. The number of carbonyl (C=O) groups is 1. The first kappa shape index (κ1) is 15.7. The molecule has 0 spiro atoms. The lowest BCUT2D eigenvalue weighted by molar-refractivity contribution is -0.112. The highest BCUT2D eigenvalue weighted by Crippen LogP contribution is 2.29. The molecule has 0 heterocycles. The maximum Gasteiger partial charge on any atom is 0.387 e. The number of nitrogens with one attached hydrogen (secondary N) is 1. The van der Waals surface area contributed by atoms with E-state index in [2.05, 4.69) is 10.1 Å². The molecule has 8 heteroatoms. The van der Waals surface area contributed by atoms with Gasteiger partial charge in [-0.1, -0.05) is 11.6 Å². The van der Waals surface area contributed by atoms with E-state index in [-0.39, 0.29) is 16.5 Å². The van der Waals surface area contributed by atoms with Gasteiger partial charge in [-0.05, 0) is 19.1 Å². The lowest BCUT2D eigenvalue weighted by atomic mass is 10.2. The van der Waals surface area contributed by atoms with Crippen molar-refractivity contribution in [2.45, 2.75) is 13.5 Å². The number of benzene rings is 1. The third-order valence-corrected chi connectivity index (χ3v) is 2.34. The Hall–Kier alpha value is -2.33. The van der Waals surface area contributed by atoms with Crippen molar-refractivity contribution < 1.29 is 23.4 Å². The van der Waals surface area contributed by atoms with Crippen LogP contribution in [0.2, 0.25) is 5.02 Å². The van der Waals surface area contributed by atoms with Crippen molar-refractivity contribution >= 4 is 23.2 Å². The van der Waals surface area contributed by atoms with Gasteiger partial charge in [-0.2, -0.15) is 14.0 Å². The number of amides is 1. The molecular formula is C12H9ClF2N2O3. The Balaban J connectivity index is 3.07. The summed E-state index contributed by atoms with van der Waals surface area (Å²) in [6.07, 6.45) is 0. The summed E-state index contributed by atoms with van der Waals surface area (Å²) in [6.45, 7) is -1.95. The van der Waals surface area contributed by atoms with Crippen LogP contribution in [0.5, 0.6) is 5.75 Å². The number of halogens is 3. The van der Waals surface area contributed by atoms with Crippen LogP contribution in [0.4, 0.5) is 14.5 Å².